The van der Waals surface area contributed by atoms with Crippen molar-refractivity contribution in [1.82, 2.24) is 0 Å². The fourth-order valence-electron chi connectivity index (χ4n) is 0.461. The standard InChI is InChI=1S/C6H14O4/c1-9-2-3-10-6(4-7)5-8/h6-8H,2-5H2,1H3. The van der Waals surface area contributed by atoms with Crippen molar-refractivity contribution in [2.24, 2.45) is 0 Å². The maximum atomic E-state index is 8.50. The van der Waals surface area contributed by atoms with E-state index in [4.69, 9.17) is 19.7 Å². The third kappa shape index (κ3) is 4.69. The molecule has 0 unspecified atom stereocenters. The minimum Gasteiger partial charge on any atom is -0.394 e. The molecular weight excluding hydrogens is 136 g/mol. The highest BCUT2D eigenvalue weighted by Gasteiger charge is 2.03. The highest BCUT2D eigenvalue weighted by Crippen LogP contribution is 1.88. The van der Waals surface area contributed by atoms with Crippen LogP contribution in [0.1, 0.15) is 0 Å². The molecule has 0 radical (unpaired) electrons. The zero-order valence-corrected chi connectivity index (χ0v) is 6.12. The number of aliphatic hydroxyl groups excluding tert-OH is 2. The second kappa shape index (κ2) is 6.95. The predicted molar refractivity (Wildman–Crippen MR) is 35.8 cm³/mol. The molecule has 0 aliphatic heterocycles. The summed E-state index contributed by atoms with van der Waals surface area (Å²) in [6, 6.07) is 0. The van der Waals surface area contributed by atoms with Crippen molar-refractivity contribution in [2.75, 3.05) is 33.5 Å². The van der Waals surface area contributed by atoms with Gasteiger partial charge >= 0.3 is 0 Å². The zero-order chi connectivity index (χ0) is 7.82. The summed E-state index contributed by atoms with van der Waals surface area (Å²) in [7, 11) is 1.57. The van der Waals surface area contributed by atoms with Crippen LogP contribution in [-0.2, 0) is 9.47 Å². The molecule has 0 amide bonds. The van der Waals surface area contributed by atoms with E-state index in [0.717, 1.165) is 0 Å². The molecule has 0 aromatic carbocycles. The third-order valence-corrected chi connectivity index (χ3v) is 1.05. The monoisotopic (exact) mass is 150 g/mol. The van der Waals surface area contributed by atoms with Crippen LogP contribution in [-0.4, -0.2) is 49.9 Å². The summed E-state index contributed by atoms with van der Waals surface area (Å²) in [6.07, 6.45) is -0.463. The van der Waals surface area contributed by atoms with E-state index in [1.165, 1.54) is 0 Å². The predicted octanol–water partition coefficient (Wildman–Crippen LogP) is -0.997. The lowest BCUT2D eigenvalue weighted by molar-refractivity contribution is -0.0364. The van der Waals surface area contributed by atoms with Gasteiger partial charge in [0.25, 0.3) is 0 Å². The van der Waals surface area contributed by atoms with Gasteiger partial charge in [-0.1, -0.05) is 0 Å². The molecule has 10 heavy (non-hydrogen) atoms. The summed E-state index contributed by atoms with van der Waals surface area (Å²) in [5, 5.41) is 17.0. The van der Waals surface area contributed by atoms with Gasteiger partial charge in [0.05, 0.1) is 26.4 Å². The first kappa shape index (κ1) is 9.84. The summed E-state index contributed by atoms with van der Waals surface area (Å²) >= 11 is 0. The molecule has 62 valence electrons. The van der Waals surface area contributed by atoms with Gasteiger partial charge in [-0.25, -0.2) is 0 Å². The molecule has 4 nitrogen and oxygen atoms in total. The Bertz CT molecular complexity index is 62.8. The van der Waals surface area contributed by atoms with E-state index in [1.807, 2.05) is 0 Å². The molecule has 0 atom stereocenters. The van der Waals surface area contributed by atoms with Gasteiger partial charge in [0.1, 0.15) is 6.10 Å². The number of methoxy groups -OCH3 is 1. The van der Waals surface area contributed by atoms with Gasteiger partial charge in [-0.3, -0.25) is 0 Å². The summed E-state index contributed by atoms with van der Waals surface area (Å²) in [5.74, 6) is 0. The second-order valence-corrected chi connectivity index (χ2v) is 1.85. The van der Waals surface area contributed by atoms with Crippen LogP contribution in [0.4, 0.5) is 0 Å². The van der Waals surface area contributed by atoms with E-state index in [1.54, 1.807) is 7.11 Å². The minimum absolute atomic E-state index is 0.153. The molecule has 0 bridgehead atoms. The van der Waals surface area contributed by atoms with Crippen molar-refractivity contribution in [1.29, 1.82) is 0 Å². The van der Waals surface area contributed by atoms with Crippen LogP contribution in [0.5, 0.6) is 0 Å². The van der Waals surface area contributed by atoms with Crippen molar-refractivity contribution in [2.45, 2.75) is 6.10 Å². The Morgan fingerprint density at radius 2 is 1.80 bits per heavy atom. The number of aliphatic hydroxyl groups is 2. The highest BCUT2D eigenvalue weighted by molar-refractivity contribution is 4.50. The molecule has 2 N–H and O–H groups in total. The van der Waals surface area contributed by atoms with Crippen molar-refractivity contribution in [3.8, 4) is 0 Å². The van der Waals surface area contributed by atoms with Gasteiger partial charge in [0, 0.05) is 7.11 Å². The first-order chi connectivity index (χ1) is 4.85. The Morgan fingerprint density at radius 1 is 1.20 bits per heavy atom. The van der Waals surface area contributed by atoms with Crippen molar-refractivity contribution < 1.29 is 19.7 Å². The lowest BCUT2D eigenvalue weighted by Crippen LogP contribution is -2.23. The molecule has 0 spiro atoms. The normalized spacial score (nSPS) is 10.8. The van der Waals surface area contributed by atoms with Gasteiger partial charge in [-0.05, 0) is 0 Å². The largest absolute Gasteiger partial charge is 0.394 e. The Kier molecular flexibility index (Phi) is 6.84. The molecule has 0 fully saturated rings. The van der Waals surface area contributed by atoms with Crippen molar-refractivity contribution in [3.63, 3.8) is 0 Å². The maximum absolute atomic E-state index is 8.50. The first-order valence-corrected chi connectivity index (χ1v) is 3.17. The summed E-state index contributed by atoms with van der Waals surface area (Å²) in [4.78, 5) is 0. The van der Waals surface area contributed by atoms with Crippen LogP contribution in [0.3, 0.4) is 0 Å². The SMILES string of the molecule is COCCOC(CO)CO. The van der Waals surface area contributed by atoms with Gasteiger partial charge in [-0.15, -0.1) is 0 Å². The third-order valence-electron chi connectivity index (χ3n) is 1.05. The van der Waals surface area contributed by atoms with Crippen LogP contribution in [0.2, 0.25) is 0 Å². The van der Waals surface area contributed by atoms with Gasteiger partial charge in [0.2, 0.25) is 0 Å². The Labute approximate surface area is 60.4 Å². The summed E-state index contributed by atoms with van der Waals surface area (Å²) < 4.78 is 9.65. The van der Waals surface area contributed by atoms with Gasteiger partial charge in [0.15, 0.2) is 0 Å². The van der Waals surface area contributed by atoms with Crippen LogP contribution in [0.25, 0.3) is 0 Å². The quantitative estimate of drug-likeness (QED) is 0.477. The average molecular weight is 150 g/mol. The number of rotatable bonds is 6. The summed E-state index contributed by atoms with van der Waals surface area (Å²) in [5.41, 5.74) is 0. The second-order valence-electron chi connectivity index (χ2n) is 1.85. The van der Waals surface area contributed by atoms with Crippen molar-refractivity contribution >= 4 is 0 Å². The highest BCUT2D eigenvalue weighted by atomic mass is 16.5. The van der Waals surface area contributed by atoms with Crippen LogP contribution < -0.4 is 0 Å². The smallest absolute Gasteiger partial charge is 0.104 e. The van der Waals surface area contributed by atoms with E-state index in [9.17, 15) is 0 Å². The molecular formula is C6H14O4. The lowest BCUT2D eigenvalue weighted by atomic mass is 10.4. The topological polar surface area (TPSA) is 58.9 Å². The van der Waals surface area contributed by atoms with Gasteiger partial charge < -0.3 is 19.7 Å². The fraction of sp³-hybridized carbons (Fsp3) is 1.00. The number of hydrogen-bond acceptors (Lipinski definition) is 4. The van der Waals surface area contributed by atoms with E-state index in [2.05, 4.69) is 0 Å². The molecule has 0 aliphatic rings. The molecule has 0 saturated heterocycles. The van der Waals surface area contributed by atoms with Crippen molar-refractivity contribution in [3.05, 3.63) is 0 Å². The van der Waals surface area contributed by atoms with Crippen LogP contribution in [0, 0.1) is 0 Å². The van der Waals surface area contributed by atoms with E-state index < -0.39 is 6.10 Å². The van der Waals surface area contributed by atoms with E-state index >= 15 is 0 Å². The zero-order valence-electron chi connectivity index (χ0n) is 6.12. The molecule has 0 aromatic heterocycles. The van der Waals surface area contributed by atoms with Gasteiger partial charge in [-0.2, -0.15) is 0 Å². The number of ether oxygens (including phenoxy) is 2. The molecule has 0 rings (SSSR count). The maximum Gasteiger partial charge on any atom is 0.104 e. The van der Waals surface area contributed by atoms with Crippen LogP contribution >= 0.6 is 0 Å². The average Bonchev–Trinajstić information content (AvgIpc) is 1.99. The first-order valence-electron chi connectivity index (χ1n) is 3.17. The fourth-order valence-corrected chi connectivity index (χ4v) is 0.461. The molecule has 0 aromatic rings. The molecule has 0 aliphatic carbocycles. The lowest BCUT2D eigenvalue weighted by Gasteiger charge is -2.11. The summed E-state index contributed by atoms with van der Waals surface area (Å²) in [6.45, 7) is 0.583. The van der Waals surface area contributed by atoms with E-state index in [-0.39, 0.29) is 13.2 Å². The Hall–Kier alpha value is -0.160. The van der Waals surface area contributed by atoms with Crippen LogP contribution in [0.15, 0.2) is 0 Å². The van der Waals surface area contributed by atoms with E-state index in [0.29, 0.717) is 13.2 Å². The Morgan fingerprint density at radius 3 is 2.20 bits per heavy atom. The molecule has 4 heteroatoms. The minimum atomic E-state index is -0.463. The number of hydrogen-bond donors (Lipinski definition) is 2. The molecule has 0 saturated carbocycles. The Balaban J connectivity index is 3.09. The molecule has 0 heterocycles.